The first-order chi connectivity index (χ1) is 9.19. The molecule has 19 heavy (non-hydrogen) atoms. The van der Waals surface area contributed by atoms with Crippen LogP contribution in [0.4, 0.5) is 10.1 Å². The average molecular weight is 268 g/mol. The summed E-state index contributed by atoms with van der Waals surface area (Å²) in [5.74, 6) is -0.622. The minimum Gasteiger partial charge on any atom is -0.395 e. The van der Waals surface area contributed by atoms with Gasteiger partial charge in [0.15, 0.2) is 0 Å². The van der Waals surface area contributed by atoms with Crippen molar-refractivity contribution in [2.24, 2.45) is 0 Å². The van der Waals surface area contributed by atoms with E-state index in [9.17, 15) is 14.3 Å². The lowest BCUT2D eigenvalue weighted by atomic mass is 10.2. The Balaban J connectivity index is 1.90. The molecule has 1 saturated heterocycles. The summed E-state index contributed by atoms with van der Waals surface area (Å²) in [6, 6.07) is 5.59. The standard InChI is InChI=1S/C13H17FN2O3/c14-10-2-1-3-11(6-10)15-13(18)7-16-4-5-19-9-12(16)8-17/h1-3,6,12,17H,4-5,7-9H2,(H,15,18). The third kappa shape index (κ3) is 3.99. The molecule has 2 rings (SSSR count). The quantitative estimate of drug-likeness (QED) is 0.832. The van der Waals surface area contributed by atoms with Crippen LogP contribution in [0.2, 0.25) is 0 Å². The molecule has 0 spiro atoms. The van der Waals surface area contributed by atoms with Crippen molar-refractivity contribution in [3.05, 3.63) is 30.1 Å². The molecule has 1 fully saturated rings. The SMILES string of the molecule is O=C(CN1CCOCC1CO)Nc1cccc(F)c1. The fourth-order valence-electron chi connectivity index (χ4n) is 2.02. The predicted molar refractivity (Wildman–Crippen MR) is 68.3 cm³/mol. The molecule has 5 nitrogen and oxygen atoms in total. The lowest BCUT2D eigenvalue weighted by Gasteiger charge is -2.33. The van der Waals surface area contributed by atoms with E-state index in [1.54, 1.807) is 6.07 Å². The van der Waals surface area contributed by atoms with E-state index >= 15 is 0 Å². The van der Waals surface area contributed by atoms with Crippen molar-refractivity contribution in [2.45, 2.75) is 6.04 Å². The molecule has 0 aromatic heterocycles. The van der Waals surface area contributed by atoms with E-state index in [0.29, 0.717) is 25.4 Å². The molecule has 0 saturated carbocycles. The number of nitrogens with zero attached hydrogens (tertiary/aromatic N) is 1. The van der Waals surface area contributed by atoms with Gasteiger partial charge in [0.1, 0.15) is 5.82 Å². The Bertz CT molecular complexity index is 442. The lowest BCUT2D eigenvalue weighted by molar-refractivity contribution is -0.120. The summed E-state index contributed by atoms with van der Waals surface area (Å²) in [6.45, 7) is 1.67. The first-order valence-electron chi connectivity index (χ1n) is 6.17. The second-order valence-corrected chi connectivity index (χ2v) is 4.44. The Morgan fingerprint density at radius 3 is 3.16 bits per heavy atom. The Morgan fingerprint density at radius 1 is 1.58 bits per heavy atom. The topological polar surface area (TPSA) is 61.8 Å². The van der Waals surface area contributed by atoms with Crippen LogP contribution in [-0.2, 0) is 9.53 Å². The van der Waals surface area contributed by atoms with Gasteiger partial charge in [0.05, 0.1) is 32.4 Å². The maximum absolute atomic E-state index is 13.0. The zero-order valence-electron chi connectivity index (χ0n) is 10.5. The summed E-state index contributed by atoms with van der Waals surface area (Å²) in [5, 5.41) is 11.8. The van der Waals surface area contributed by atoms with Crippen molar-refractivity contribution in [2.75, 3.05) is 38.2 Å². The first-order valence-corrected chi connectivity index (χ1v) is 6.17. The second kappa shape index (κ2) is 6.60. The van der Waals surface area contributed by atoms with E-state index in [1.807, 2.05) is 4.90 Å². The maximum Gasteiger partial charge on any atom is 0.238 e. The van der Waals surface area contributed by atoms with Crippen molar-refractivity contribution in [3.63, 3.8) is 0 Å². The van der Waals surface area contributed by atoms with E-state index in [0.717, 1.165) is 0 Å². The minimum absolute atomic E-state index is 0.0484. The molecule has 104 valence electrons. The fourth-order valence-corrected chi connectivity index (χ4v) is 2.02. The van der Waals surface area contributed by atoms with Gasteiger partial charge in [0, 0.05) is 12.2 Å². The fraction of sp³-hybridized carbons (Fsp3) is 0.462. The number of halogens is 1. The zero-order valence-corrected chi connectivity index (χ0v) is 10.5. The van der Waals surface area contributed by atoms with E-state index in [2.05, 4.69) is 5.32 Å². The predicted octanol–water partition coefficient (Wildman–Crippen LogP) is 0.457. The highest BCUT2D eigenvalue weighted by Crippen LogP contribution is 2.10. The van der Waals surface area contributed by atoms with Gasteiger partial charge in [-0.3, -0.25) is 9.69 Å². The van der Waals surface area contributed by atoms with Crippen molar-refractivity contribution < 1.29 is 19.0 Å². The summed E-state index contributed by atoms with van der Waals surface area (Å²) >= 11 is 0. The zero-order chi connectivity index (χ0) is 13.7. The highest BCUT2D eigenvalue weighted by molar-refractivity contribution is 5.92. The number of nitrogens with one attached hydrogen (secondary N) is 1. The summed E-state index contributed by atoms with van der Waals surface area (Å²) in [7, 11) is 0. The normalized spacial score (nSPS) is 20.2. The maximum atomic E-state index is 13.0. The molecule has 0 aliphatic carbocycles. The number of ether oxygens (including phenoxy) is 1. The molecule has 2 N–H and O–H groups in total. The Labute approximate surface area is 111 Å². The Kier molecular flexibility index (Phi) is 4.84. The third-order valence-corrected chi connectivity index (χ3v) is 3.02. The van der Waals surface area contributed by atoms with Gasteiger partial charge in [-0.25, -0.2) is 4.39 Å². The van der Waals surface area contributed by atoms with Crippen molar-refractivity contribution in [1.29, 1.82) is 0 Å². The molecule has 6 heteroatoms. The van der Waals surface area contributed by atoms with Gasteiger partial charge in [-0.1, -0.05) is 6.07 Å². The van der Waals surface area contributed by atoms with Crippen molar-refractivity contribution in [1.82, 2.24) is 4.90 Å². The Hall–Kier alpha value is -1.50. The van der Waals surface area contributed by atoms with Gasteiger partial charge in [-0.2, -0.15) is 0 Å². The smallest absolute Gasteiger partial charge is 0.238 e. The van der Waals surface area contributed by atoms with Crippen LogP contribution in [0.15, 0.2) is 24.3 Å². The monoisotopic (exact) mass is 268 g/mol. The number of rotatable bonds is 4. The number of carbonyl (C=O) groups excluding carboxylic acids is 1. The summed E-state index contributed by atoms with van der Waals surface area (Å²) in [5.41, 5.74) is 0.429. The van der Waals surface area contributed by atoms with Crippen LogP contribution >= 0.6 is 0 Å². The van der Waals surface area contributed by atoms with Gasteiger partial charge in [-0.05, 0) is 18.2 Å². The van der Waals surface area contributed by atoms with Crippen LogP contribution in [0, 0.1) is 5.82 Å². The summed E-state index contributed by atoms with van der Waals surface area (Å²) < 4.78 is 18.2. The number of hydrogen-bond donors (Lipinski definition) is 2. The molecule has 1 aliphatic rings. The van der Waals surface area contributed by atoms with Gasteiger partial charge in [-0.15, -0.1) is 0 Å². The van der Waals surface area contributed by atoms with E-state index in [-0.39, 0.29) is 25.1 Å². The number of carbonyl (C=O) groups is 1. The third-order valence-electron chi connectivity index (χ3n) is 3.02. The lowest BCUT2D eigenvalue weighted by Crippen LogP contribution is -2.50. The van der Waals surface area contributed by atoms with Crippen LogP contribution in [0.3, 0.4) is 0 Å². The van der Waals surface area contributed by atoms with Crippen LogP contribution in [0.25, 0.3) is 0 Å². The molecule has 1 aliphatic heterocycles. The number of amides is 1. The number of morpholine rings is 1. The second-order valence-electron chi connectivity index (χ2n) is 4.44. The first kappa shape index (κ1) is 13.9. The molecule has 1 amide bonds. The van der Waals surface area contributed by atoms with E-state index in [1.165, 1.54) is 18.2 Å². The Morgan fingerprint density at radius 2 is 2.42 bits per heavy atom. The van der Waals surface area contributed by atoms with Crippen LogP contribution in [-0.4, -0.2) is 54.9 Å². The highest BCUT2D eigenvalue weighted by atomic mass is 19.1. The van der Waals surface area contributed by atoms with Gasteiger partial charge >= 0.3 is 0 Å². The number of hydrogen-bond acceptors (Lipinski definition) is 4. The largest absolute Gasteiger partial charge is 0.395 e. The molecule has 1 aromatic carbocycles. The average Bonchev–Trinajstić information content (AvgIpc) is 2.39. The molecular weight excluding hydrogens is 251 g/mol. The van der Waals surface area contributed by atoms with Gasteiger partial charge in [0.25, 0.3) is 0 Å². The van der Waals surface area contributed by atoms with Crippen LogP contribution in [0.1, 0.15) is 0 Å². The molecule has 0 radical (unpaired) electrons. The van der Waals surface area contributed by atoms with Crippen molar-refractivity contribution >= 4 is 11.6 Å². The minimum atomic E-state index is -0.391. The summed E-state index contributed by atoms with van der Waals surface area (Å²) in [6.07, 6.45) is 0. The van der Waals surface area contributed by atoms with E-state index in [4.69, 9.17) is 4.74 Å². The summed E-state index contributed by atoms with van der Waals surface area (Å²) in [4.78, 5) is 13.7. The molecule has 0 bridgehead atoms. The molecule has 1 aromatic rings. The molecular formula is C13H17FN2O3. The van der Waals surface area contributed by atoms with Crippen LogP contribution < -0.4 is 5.32 Å². The highest BCUT2D eigenvalue weighted by Gasteiger charge is 2.24. The van der Waals surface area contributed by atoms with E-state index < -0.39 is 5.82 Å². The number of aliphatic hydroxyl groups excluding tert-OH is 1. The van der Waals surface area contributed by atoms with Crippen LogP contribution in [0.5, 0.6) is 0 Å². The van der Waals surface area contributed by atoms with Gasteiger partial charge < -0.3 is 15.2 Å². The number of anilines is 1. The number of benzene rings is 1. The van der Waals surface area contributed by atoms with Crippen molar-refractivity contribution in [3.8, 4) is 0 Å². The molecule has 1 unspecified atom stereocenters. The van der Waals surface area contributed by atoms with Gasteiger partial charge in [0.2, 0.25) is 5.91 Å². The molecule has 1 heterocycles. The molecule has 1 atom stereocenters. The number of aliphatic hydroxyl groups is 1.